The van der Waals surface area contributed by atoms with Crippen molar-refractivity contribution in [2.24, 2.45) is 10.9 Å². The molecule has 0 bridgehead atoms. The Balaban J connectivity index is 4.28. The maximum absolute atomic E-state index is 11.5. The molecule has 7 heteroatoms. The number of carbonyl (C=O) groups excluding carboxylic acids is 1. The Labute approximate surface area is 127 Å². The Morgan fingerprint density at radius 3 is 2.52 bits per heavy atom. The number of carbonyl (C=O) groups is 1. The van der Waals surface area contributed by atoms with Crippen LogP contribution >= 0.6 is 0 Å². The highest BCUT2D eigenvalue weighted by Crippen LogP contribution is 2.04. The predicted octanol–water partition coefficient (Wildman–Crippen LogP) is 0.959. The highest BCUT2D eigenvalue weighted by atomic mass is 16.5. The van der Waals surface area contributed by atoms with Gasteiger partial charge in [0.2, 0.25) is 0 Å². The quantitative estimate of drug-likeness (QED) is 0.336. The molecule has 0 aliphatic carbocycles. The van der Waals surface area contributed by atoms with Gasteiger partial charge < -0.3 is 25.4 Å². The van der Waals surface area contributed by atoms with Gasteiger partial charge in [0.25, 0.3) is 0 Å². The lowest BCUT2D eigenvalue weighted by Crippen LogP contribution is -2.48. The van der Waals surface area contributed by atoms with Crippen molar-refractivity contribution >= 4 is 12.1 Å². The fourth-order valence-electron chi connectivity index (χ4n) is 1.81. The molecule has 3 N–H and O–H groups in total. The zero-order valence-corrected chi connectivity index (χ0v) is 13.9. The molecule has 0 saturated carbocycles. The molecule has 0 aliphatic rings. The van der Waals surface area contributed by atoms with Crippen molar-refractivity contribution in [2.75, 3.05) is 40.5 Å². The van der Waals surface area contributed by atoms with Crippen molar-refractivity contribution in [3.05, 3.63) is 0 Å². The molecule has 0 heterocycles. The van der Waals surface area contributed by atoms with E-state index in [2.05, 4.69) is 34.8 Å². The average molecular weight is 302 g/mol. The van der Waals surface area contributed by atoms with E-state index < -0.39 is 0 Å². The second-order valence-corrected chi connectivity index (χ2v) is 5.06. The zero-order valence-electron chi connectivity index (χ0n) is 13.9. The van der Waals surface area contributed by atoms with Crippen LogP contribution in [0.3, 0.4) is 0 Å². The van der Waals surface area contributed by atoms with Crippen LogP contribution in [-0.2, 0) is 9.47 Å². The van der Waals surface area contributed by atoms with E-state index in [0.29, 0.717) is 38.2 Å². The molecule has 0 spiro atoms. The van der Waals surface area contributed by atoms with Crippen LogP contribution in [0.25, 0.3) is 0 Å². The molecule has 0 aliphatic heterocycles. The van der Waals surface area contributed by atoms with Crippen LogP contribution in [0, 0.1) is 5.92 Å². The summed E-state index contributed by atoms with van der Waals surface area (Å²) in [5.74, 6) is 1.16. The van der Waals surface area contributed by atoms with Gasteiger partial charge in [-0.25, -0.2) is 4.79 Å². The Kier molecular flexibility index (Phi) is 11.4. The van der Waals surface area contributed by atoms with Crippen LogP contribution in [0.4, 0.5) is 4.79 Å². The van der Waals surface area contributed by atoms with Crippen LogP contribution in [0.2, 0.25) is 0 Å². The molecule has 0 rings (SSSR count). The summed E-state index contributed by atoms with van der Waals surface area (Å²) in [7, 11) is 3.36. The van der Waals surface area contributed by atoms with E-state index in [0.717, 1.165) is 6.42 Å². The van der Waals surface area contributed by atoms with Gasteiger partial charge in [-0.3, -0.25) is 4.99 Å². The molecule has 1 unspecified atom stereocenters. The van der Waals surface area contributed by atoms with Gasteiger partial charge in [-0.15, -0.1) is 0 Å². The number of methoxy groups -OCH3 is 1. The van der Waals surface area contributed by atoms with Gasteiger partial charge in [-0.1, -0.05) is 13.8 Å². The fourth-order valence-corrected chi connectivity index (χ4v) is 1.81. The molecule has 0 fully saturated rings. The molecular weight excluding hydrogens is 272 g/mol. The lowest BCUT2D eigenvalue weighted by Gasteiger charge is -2.22. The number of nitrogens with one attached hydrogen (secondary N) is 3. The molecule has 124 valence electrons. The van der Waals surface area contributed by atoms with Gasteiger partial charge in [0.15, 0.2) is 5.96 Å². The van der Waals surface area contributed by atoms with Gasteiger partial charge in [0.1, 0.15) is 0 Å². The third kappa shape index (κ3) is 10.9. The van der Waals surface area contributed by atoms with E-state index in [-0.39, 0.29) is 12.1 Å². The first kappa shape index (κ1) is 19.5. The summed E-state index contributed by atoms with van der Waals surface area (Å²) in [5, 5.41) is 9.19. The summed E-state index contributed by atoms with van der Waals surface area (Å²) in [6.45, 7) is 8.26. The van der Waals surface area contributed by atoms with Crippen molar-refractivity contribution in [1.29, 1.82) is 0 Å². The zero-order chi connectivity index (χ0) is 16.1. The molecule has 21 heavy (non-hydrogen) atoms. The van der Waals surface area contributed by atoms with Crippen molar-refractivity contribution in [1.82, 2.24) is 16.0 Å². The minimum atomic E-state index is -0.382. The highest BCUT2D eigenvalue weighted by molar-refractivity contribution is 5.79. The van der Waals surface area contributed by atoms with Crippen molar-refractivity contribution in [2.45, 2.75) is 33.2 Å². The summed E-state index contributed by atoms with van der Waals surface area (Å²) in [4.78, 5) is 15.7. The summed E-state index contributed by atoms with van der Waals surface area (Å²) in [5.41, 5.74) is 0. The van der Waals surface area contributed by atoms with Crippen molar-refractivity contribution < 1.29 is 14.3 Å². The molecule has 1 atom stereocenters. The first-order valence-electron chi connectivity index (χ1n) is 7.40. The lowest BCUT2D eigenvalue weighted by molar-refractivity contribution is 0.146. The Morgan fingerprint density at radius 2 is 2.00 bits per heavy atom. The van der Waals surface area contributed by atoms with Crippen LogP contribution in [0.1, 0.15) is 27.2 Å². The molecule has 0 aromatic carbocycles. The monoisotopic (exact) mass is 302 g/mol. The Hall–Kier alpha value is -1.50. The largest absolute Gasteiger partial charge is 0.450 e. The SMILES string of the molecule is CCOC(=O)NC(CNC(=NC)NCCOC)CC(C)C. The van der Waals surface area contributed by atoms with Gasteiger partial charge >= 0.3 is 6.09 Å². The maximum Gasteiger partial charge on any atom is 0.407 e. The summed E-state index contributed by atoms with van der Waals surface area (Å²) in [6.07, 6.45) is 0.480. The predicted molar refractivity (Wildman–Crippen MR) is 84.6 cm³/mol. The van der Waals surface area contributed by atoms with Crippen molar-refractivity contribution in [3.63, 3.8) is 0 Å². The first-order valence-corrected chi connectivity index (χ1v) is 7.40. The number of hydrogen-bond acceptors (Lipinski definition) is 4. The van der Waals surface area contributed by atoms with Gasteiger partial charge in [0, 0.05) is 33.3 Å². The van der Waals surface area contributed by atoms with Gasteiger partial charge in [-0.2, -0.15) is 0 Å². The average Bonchev–Trinajstić information content (AvgIpc) is 2.42. The summed E-state index contributed by atoms with van der Waals surface area (Å²) >= 11 is 0. The van der Waals surface area contributed by atoms with Gasteiger partial charge in [0.05, 0.1) is 13.2 Å². The maximum atomic E-state index is 11.5. The number of rotatable bonds is 9. The molecule has 0 saturated heterocycles. The summed E-state index contributed by atoms with van der Waals surface area (Å²) in [6, 6.07) is -0.00924. The van der Waals surface area contributed by atoms with Gasteiger partial charge in [-0.05, 0) is 19.3 Å². The van der Waals surface area contributed by atoms with Crippen LogP contribution < -0.4 is 16.0 Å². The normalized spacial score (nSPS) is 13.0. The third-order valence-corrected chi connectivity index (χ3v) is 2.69. The third-order valence-electron chi connectivity index (χ3n) is 2.69. The number of hydrogen-bond donors (Lipinski definition) is 3. The van der Waals surface area contributed by atoms with Crippen molar-refractivity contribution in [3.8, 4) is 0 Å². The smallest absolute Gasteiger partial charge is 0.407 e. The molecule has 7 nitrogen and oxygen atoms in total. The molecule has 0 aromatic rings. The minimum Gasteiger partial charge on any atom is -0.450 e. The minimum absolute atomic E-state index is 0.00924. The second kappa shape index (κ2) is 12.3. The van der Waals surface area contributed by atoms with E-state index >= 15 is 0 Å². The van der Waals surface area contributed by atoms with E-state index in [1.165, 1.54) is 0 Å². The number of ether oxygens (including phenoxy) is 2. The van der Waals surface area contributed by atoms with Crippen LogP contribution in [-0.4, -0.2) is 58.6 Å². The van der Waals surface area contributed by atoms with E-state index in [9.17, 15) is 4.79 Å². The van der Waals surface area contributed by atoms with Crippen LogP contribution in [0.15, 0.2) is 4.99 Å². The number of alkyl carbamates (subject to hydrolysis) is 1. The summed E-state index contributed by atoms with van der Waals surface area (Å²) < 4.78 is 9.90. The fraction of sp³-hybridized carbons (Fsp3) is 0.857. The Bertz CT molecular complexity index is 309. The molecular formula is C14H30N4O3. The lowest BCUT2D eigenvalue weighted by atomic mass is 10.0. The standard InChI is InChI=1S/C14H30N4O3/c1-6-21-14(19)18-12(9-11(2)3)10-17-13(15-4)16-7-8-20-5/h11-12H,6-10H2,1-5H3,(H,18,19)(H2,15,16,17). The molecule has 0 radical (unpaired) electrons. The van der Waals surface area contributed by atoms with E-state index in [1.807, 2.05) is 0 Å². The van der Waals surface area contributed by atoms with E-state index in [4.69, 9.17) is 9.47 Å². The number of amides is 1. The second-order valence-electron chi connectivity index (χ2n) is 5.06. The van der Waals surface area contributed by atoms with E-state index in [1.54, 1.807) is 21.1 Å². The number of nitrogens with zero attached hydrogens (tertiary/aromatic N) is 1. The van der Waals surface area contributed by atoms with Crippen LogP contribution in [0.5, 0.6) is 0 Å². The molecule has 0 aromatic heterocycles. The number of guanidine groups is 1. The molecule has 1 amide bonds. The topological polar surface area (TPSA) is 84.0 Å². The number of aliphatic imine (C=N–C) groups is 1. The highest BCUT2D eigenvalue weighted by Gasteiger charge is 2.15. The first-order chi connectivity index (χ1) is 10.0. The Morgan fingerprint density at radius 1 is 1.29 bits per heavy atom.